The predicted molar refractivity (Wildman–Crippen MR) is 85.7 cm³/mol. The molecule has 0 aliphatic carbocycles. The van der Waals surface area contributed by atoms with Crippen molar-refractivity contribution in [2.45, 2.75) is 13.0 Å². The van der Waals surface area contributed by atoms with E-state index in [1.807, 2.05) is 18.2 Å². The molecule has 0 saturated carbocycles. The molecule has 0 radical (unpaired) electrons. The molecule has 0 spiro atoms. The van der Waals surface area contributed by atoms with Crippen LogP contribution >= 0.6 is 0 Å². The molecule has 112 valence electrons. The predicted octanol–water partition coefficient (Wildman–Crippen LogP) is 3.04. The van der Waals surface area contributed by atoms with Gasteiger partial charge in [0.25, 0.3) is 0 Å². The van der Waals surface area contributed by atoms with E-state index in [1.54, 1.807) is 7.11 Å². The third-order valence-electron chi connectivity index (χ3n) is 3.29. The van der Waals surface area contributed by atoms with Crippen molar-refractivity contribution < 1.29 is 9.47 Å². The van der Waals surface area contributed by atoms with E-state index in [2.05, 4.69) is 41.7 Å². The van der Waals surface area contributed by atoms with Crippen molar-refractivity contribution in [2.75, 3.05) is 26.9 Å². The highest BCUT2D eigenvalue weighted by atomic mass is 16.5. The maximum absolute atomic E-state index is 5.64. The molecule has 0 aromatic heterocycles. The average Bonchev–Trinajstić information content (AvgIpc) is 2.55. The molecule has 0 aliphatic heterocycles. The van der Waals surface area contributed by atoms with Crippen LogP contribution in [0.5, 0.6) is 5.75 Å². The summed E-state index contributed by atoms with van der Waals surface area (Å²) in [4.78, 5) is 0. The van der Waals surface area contributed by atoms with Crippen LogP contribution in [0.25, 0.3) is 0 Å². The summed E-state index contributed by atoms with van der Waals surface area (Å²) in [5.41, 5.74) is 2.57. The van der Waals surface area contributed by atoms with Gasteiger partial charge in [-0.15, -0.1) is 0 Å². The van der Waals surface area contributed by atoms with Gasteiger partial charge in [-0.25, -0.2) is 0 Å². The van der Waals surface area contributed by atoms with Crippen LogP contribution in [0.1, 0.15) is 11.1 Å². The number of hydrogen-bond donors (Lipinski definition) is 1. The number of benzene rings is 2. The first-order valence-corrected chi connectivity index (χ1v) is 7.34. The summed E-state index contributed by atoms with van der Waals surface area (Å²) < 4.78 is 10.8. The number of rotatable bonds is 9. The molecule has 21 heavy (non-hydrogen) atoms. The molecule has 0 bridgehead atoms. The van der Waals surface area contributed by atoms with Gasteiger partial charge in [0.2, 0.25) is 0 Å². The fraction of sp³-hybridized carbons (Fsp3) is 0.333. The van der Waals surface area contributed by atoms with Gasteiger partial charge in [-0.2, -0.15) is 0 Å². The first-order valence-electron chi connectivity index (χ1n) is 7.34. The van der Waals surface area contributed by atoms with Crippen LogP contribution in [0.15, 0.2) is 54.6 Å². The van der Waals surface area contributed by atoms with Gasteiger partial charge < -0.3 is 14.8 Å². The van der Waals surface area contributed by atoms with Crippen LogP contribution in [0.3, 0.4) is 0 Å². The van der Waals surface area contributed by atoms with Gasteiger partial charge in [-0.3, -0.25) is 0 Å². The highest BCUT2D eigenvalue weighted by Gasteiger charge is 1.95. The van der Waals surface area contributed by atoms with Gasteiger partial charge in [0, 0.05) is 13.1 Å². The SMILES string of the molecule is COc1ccc(CCOCCNCc2ccccc2)cc1. The fourth-order valence-electron chi connectivity index (χ4n) is 2.06. The Labute approximate surface area is 126 Å². The lowest BCUT2D eigenvalue weighted by molar-refractivity contribution is 0.138. The summed E-state index contributed by atoms with van der Waals surface area (Å²) in [6, 6.07) is 18.5. The highest BCUT2D eigenvalue weighted by Crippen LogP contribution is 2.11. The molecule has 2 rings (SSSR count). The minimum Gasteiger partial charge on any atom is -0.497 e. The van der Waals surface area contributed by atoms with E-state index in [4.69, 9.17) is 9.47 Å². The molecule has 3 heteroatoms. The molecule has 3 nitrogen and oxygen atoms in total. The Morgan fingerprint density at radius 1 is 0.857 bits per heavy atom. The Bertz CT molecular complexity index is 496. The van der Waals surface area contributed by atoms with Gasteiger partial charge in [0.05, 0.1) is 20.3 Å². The van der Waals surface area contributed by atoms with Gasteiger partial charge >= 0.3 is 0 Å². The van der Waals surface area contributed by atoms with Gasteiger partial charge in [-0.05, 0) is 29.7 Å². The third kappa shape index (κ3) is 5.98. The summed E-state index contributed by atoms with van der Waals surface area (Å²) in [7, 11) is 1.68. The van der Waals surface area contributed by atoms with Crippen LogP contribution in [-0.2, 0) is 17.7 Å². The molecule has 2 aromatic carbocycles. The molecular weight excluding hydrogens is 262 g/mol. The average molecular weight is 285 g/mol. The van der Waals surface area contributed by atoms with Gasteiger partial charge in [0.1, 0.15) is 5.75 Å². The lowest BCUT2D eigenvalue weighted by Crippen LogP contribution is -2.19. The lowest BCUT2D eigenvalue weighted by atomic mass is 10.1. The molecule has 0 fully saturated rings. The quantitative estimate of drug-likeness (QED) is 0.718. The molecular formula is C18H23NO2. The van der Waals surface area contributed by atoms with E-state index >= 15 is 0 Å². The van der Waals surface area contributed by atoms with Gasteiger partial charge in [0.15, 0.2) is 0 Å². The molecule has 2 aromatic rings. The molecule has 0 saturated heterocycles. The zero-order chi connectivity index (χ0) is 14.8. The van der Waals surface area contributed by atoms with Crippen molar-refractivity contribution >= 4 is 0 Å². The Morgan fingerprint density at radius 3 is 2.33 bits per heavy atom. The van der Waals surface area contributed by atoms with Crippen LogP contribution in [0.4, 0.5) is 0 Å². The van der Waals surface area contributed by atoms with Crippen molar-refractivity contribution in [1.82, 2.24) is 5.32 Å². The molecule has 0 unspecified atom stereocenters. The van der Waals surface area contributed by atoms with Gasteiger partial charge in [-0.1, -0.05) is 42.5 Å². The first kappa shape index (κ1) is 15.5. The van der Waals surface area contributed by atoms with Crippen molar-refractivity contribution in [3.05, 3.63) is 65.7 Å². The van der Waals surface area contributed by atoms with Crippen LogP contribution < -0.4 is 10.1 Å². The van der Waals surface area contributed by atoms with E-state index in [-0.39, 0.29) is 0 Å². The molecule has 0 aliphatic rings. The normalized spacial score (nSPS) is 10.5. The Balaban J connectivity index is 1.51. The maximum atomic E-state index is 5.64. The zero-order valence-electron chi connectivity index (χ0n) is 12.5. The number of nitrogens with one attached hydrogen (secondary N) is 1. The second-order valence-corrected chi connectivity index (χ2v) is 4.87. The first-order chi connectivity index (χ1) is 10.4. The largest absolute Gasteiger partial charge is 0.497 e. The van der Waals surface area contributed by atoms with E-state index in [9.17, 15) is 0 Å². The second kappa shape index (κ2) is 9.16. The van der Waals surface area contributed by atoms with Crippen molar-refractivity contribution in [3.63, 3.8) is 0 Å². The van der Waals surface area contributed by atoms with Crippen molar-refractivity contribution in [2.24, 2.45) is 0 Å². The smallest absolute Gasteiger partial charge is 0.118 e. The maximum Gasteiger partial charge on any atom is 0.118 e. The van der Waals surface area contributed by atoms with Crippen LogP contribution in [-0.4, -0.2) is 26.9 Å². The van der Waals surface area contributed by atoms with E-state index in [0.717, 1.165) is 38.5 Å². The summed E-state index contributed by atoms with van der Waals surface area (Å²) >= 11 is 0. The summed E-state index contributed by atoms with van der Waals surface area (Å²) in [5, 5.41) is 3.37. The zero-order valence-corrected chi connectivity index (χ0v) is 12.5. The Morgan fingerprint density at radius 2 is 1.62 bits per heavy atom. The minimum atomic E-state index is 0.739. The molecule has 1 N–H and O–H groups in total. The topological polar surface area (TPSA) is 30.5 Å². The number of methoxy groups -OCH3 is 1. The monoisotopic (exact) mass is 285 g/mol. The van der Waals surface area contributed by atoms with Crippen LogP contribution in [0.2, 0.25) is 0 Å². The van der Waals surface area contributed by atoms with Crippen molar-refractivity contribution in [1.29, 1.82) is 0 Å². The molecule has 0 heterocycles. The molecule has 0 amide bonds. The standard InChI is InChI=1S/C18H23NO2/c1-20-18-9-7-16(8-10-18)11-13-21-14-12-19-15-17-5-3-2-4-6-17/h2-10,19H,11-15H2,1H3. The van der Waals surface area contributed by atoms with E-state index < -0.39 is 0 Å². The summed E-state index contributed by atoms with van der Waals surface area (Å²) in [6.45, 7) is 3.25. The Kier molecular flexibility index (Phi) is 6.78. The summed E-state index contributed by atoms with van der Waals surface area (Å²) in [5.74, 6) is 0.893. The molecule has 0 atom stereocenters. The van der Waals surface area contributed by atoms with Crippen molar-refractivity contribution in [3.8, 4) is 5.75 Å². The third-order valence-corrected chi connectivity index (χ3v) is 3.29. The minimum absolute atomic E-state index is 0.739. The number of hydrogen-bond acceptors (Lipinski definition) is 3. The summed E-state index contributed by atoms with van der Waals surface area (Å²) in [6.07, 6.45) is 0.933. The van der Waals surface area contributed by atoms with Crippen LogP contribution in [0, 0.1) is 0 Å². The Hall–Kier alpha value is -1.84. The van der Waals surface area contributed by atoms with E-state index in [1.165, 1.54) is 11.1 Å². The highest BCUT2D eigenvalue weighted by molar-refractivity contribution is 5.27. The number of ether oxygens (including phenoxy) is 2. The second-order valence-electron chi connectivity index (χ2n) is 4.87. The van der Waals surface area contributed by atoms with E-state index in [0.29, 0.717) is 0 Å². The lowest BCUT2D eigenvalue weighted by Gasteiger charge is -2.07. The fourth-order valence-corrected chi connectivity index (χ4v) is 2.06.